The minimum Gasteiger partial charge on any atom is -0.341 e. The van der Waals surface area contributed by atoms with Crippen molar-refractivity contribution < 1.29 is 4.79 Å². The summed E-state index contributed by atoms with van der Waals surface area (Å²) in [7, 11) is 0. The molecule has 1 fully saturated rings. The largest absolute Gasteiger partial charge is 0.341 e. The van der Waals surface area contributed by atoms with E-state index in [9.17, 15) is 9.59 Å². The van der Waals surface area contributed by atoms with E-state index in [4.69, 9.17) is 0 Å². The Hall–Kier alpha value is -3.29. The summed E-state index contributed by atoms with van der Waals surface area (Å²) >= 11 is 0. The summed E-state index contributed by atoms with van der Waals surface area (Å²) in [6, 6.07) is 5.17. The molecule has 1 aromatic carbocycles. The van der Waals surface area contributed by atoms with E-state index >= 15 is 0 Å². The van der Waals surface area contributed by atoms with Crippen LogP contribution >= 0.6 is 0 Å². The van der Waals surface area contributed by atoms with Crippen LogP contribution in [0.4, 0.5) is 11.6 Å². The van der Waals surface area contributed by atoms with Crippen LogP contribution in [-0.2, 0) is 4.79 Å². The molecule has 4 rings (SSSR count). The van der Waals surface area contributed by atoms with Gasteiger partial charge in [-0.05, 0) is 50.7 Å². The molecule has 3 heterocycles. The average molecular weight is 421 g/mol. The van der Waals surface area contributed by atoms with Crippen molar-refractivity contribution in [2.24, 2.45) is 0 Å². The first kappa shape index (κ1) is 21.0. The lowest BCUT2D eigenvalue weighted by molar-refractivity contribution is -0.119. The molecule has 0 saturated carbocycles. The van der Waals surface area contributed by atoms with Crippen LogP contribution in [-0.4, -0.2) is 38.5 Å². The highest BCUT2D eigenvalue weighted by Crippen LogP contribution is 2.22. The van der Waals surface area contributed by atoms with E-state index in [1.807, 2.05) is 39.0 Å². The lowest BCUT2D eigenvalue weighted by Crippen LogP contribution is -2.34. The fraction of sp³-hybridized carbons (Fsp3) is 0.435. The van der Waals surface area contributed by atoms with Crippen LogP contribution in [0.5, 0.6) is 0 Å². The van der Waals surface area contributed by atoms with Gasteiger partial charge in [0.1, 0.15) is 17.8 Å². The summed E-state index contributed by atoms with van der Waals surface area (Å²) in [5, 5.41) is 3.31. The number of anilines is 2. The highest BCUT2D eigenvalue weighted by atomic mass is 16.2. The van der Waals surface area contributed by atoms with Gasteiger partial charge in [-0.15, -0.1) is 0 Å². The topological polar surface area (TPSA) is 93.0 Å². The van der Waals surface area contributed by atoms with Crippen LogP contribution < -0.4 is 15.8 Å². The summed E-state index contributed by atoms with van der Waals surface area (Å²) < 4.78 is 1.38. The van der Waals surface area contributed by atoms with Gasteiger partial charge in [-0.2, -0.15) is 4.98 Å². The molecule has 1 amide bonds. The van der Waals surface area contributed by atoms with Crippen molar-refractivity contribution in [3.05, 3.63) is 52.2 Å². The number of carbonyl (C=O) groups is 1. The van der Waals surface area contributed by atoms with E-state index in [0.29, 0.717) is 23.4 Å². The van der Waals surface area contributed by atoms with Crippen LogP contribution in [0.3, 0.4) is 0 Å². The van der Waals surface area contributed by atoms with E-state index in [1.165, 1.54) is 23.5 Å². The van der Waals surface area contributed by atoms with Crippen molar-refractivity contribution >= 4 is 28.6 Å². The lowest BCUT2D eigenvalue weighted by atomic mass is 10.1. The van der Waals surface area contributed by atoms with Gasteiger partial charge in [0, 0.05) is 25.0 Å². The highest BCUT2D eigenvalue weighted by molar-refractivity contribution is 5.95. The number of piperidine rings is 1. The van der Waals surface area contributed by atoms with E-state index in [2.05, 4.69) is 25.2 Å². The van der Waals surface area contributed by atoms with Crippen molar-refractivity contribution in [3.8, 4) is 0 Å². The van der Waals surface area contributed by atoms with Gasteiger partial charge in [0.05, 0.1) is 0 Å². The molecule has 0 unspecified atom stereocenters. The number of benzene rings is 1. The number of nitrogens with zero attached hydrogens (tertiary/aromatic N) is 5. The second-order valence-electron chi connectivity index (χ2n) is 8.09. The van der Waals surface area contributed by atoms with Gasteiger partial charge in [-0.3, -0.25) is 14.2 Å². The molecule has 2 aromatic heterocycles. The van der Waals surface area contributed by atoms with Crippen molar-refractivity contribution in [1.29, 1.82) is 0 Å². The van der Waals surface area contributed by atoms with Gasteiger partial charge in [0.2, 0.25) is 11.9 Å². The summed E-state index contributed by atoms with van der Waals surface area (Å²) in [4.78, 5) is 41.7. The van der Waals surface area contributed by atoms with Crippen LogP contribution in [0, 0.1) is 13.8 Å². The molecule has 0 bridgehead atoms. The number of rotatable bonds is 5. The molecule has 3 aromatic rings. The molecule has 1 saturated heterocycles. The van der Waals surface area contributed by atoms with Crippen LogP contribution in [0.25, 0.3) is 11.0 Å². The van der Waals surface area contributed by atoms with Crippen molar-refractivity contribution in [2.75, 3.05) is 23.3 Å². The molecule has 0 aliphatic carbocycles. The number of fused-ring (bicyclic) bond motifs is 1. The Bertz CT molecular complexity index is 1150. The fourth-order valence-corrected chi connectivity index (χ4v) is 4.12. The Kier molecular flexibility index (Phi) is 5.97. The van der Waals surface area contributed by atoms with Gasteiger partial charge in [0.25, 0.3) is 5.56 Å². The van der Waals surface area contributed by atoms with Gasteiger partial charge in [-0.1, -0.05) is 25.1 Å². The summed E-state index contributed by atoms with van der Waals surface area (Å²) in [6.07, 6.45) is 6.87. The molecular weight excluding hydrogens is 392 g/mol. The first-order chi connectivity index (χ1) is 15.0. The molecule has 0 radical (unpaired) electrons. The van der Waals surface area contributed by atoms with Crippen molar-refractivity contribution in [3.63, 3.8) is 0 Å². The fourth-order valence-electron chi connectivity index (χ4n) is 4.12. The summed E-state index contributed by atoms with van der Waals surface area (Å²) in [5.74, 6) is 0.366. The van der Waals surface area contributed by atoms with E-state index in [-0.39, 0.29) is 11.5 Å². The zero-order valence-corrected chi connectivity index (χ0v) is 18.3. The number of para-hydroxylation sites is 1. The molecular formula is C23H28N6O2. The predicted molar refractivity (Wildman–Crippen MR) is 122 cm³/mol. The summed E-state index contributed by atoms with van der Waals surface area (Å²) in [6.45, 7) is 7.61. The number of aromatic nitrogens is 4. The first-order valence-electron chi connectivity index (χ1n) is 10.9. The number of hydrogen-bond donors (Lipinski definition) is 1. The Morgan fingerprint density at radius 3 is 2.52 bits per heavy atom. The third kappa shape index (κ3) is 4.15. The third-order valence-electron chi connectivity index (χ3n) is 5.92. The Morgan fingerprint density at radius 2 is 1.84 bits per heavy atom. The lowest BCUT2D eigenvalue weighted by Gasteiger charge is -2.26. The first-order valence-corrected chi connectivity index (χ1v) is 10.9. The number of hydrogen-bond acceptors (Lipinski definition) is 6. The number of nitrogens with one attached hydrogen (secondary N) is 1. The zero-order chi connectivity index (χ0) is 22.0. The normalized spacial score (nSPS) is 15.1. The van der Waals surface area contributed by atoms with E-state index < -0.39 is 6.04 Å². The minimum atomic E-state index is -0.676. The second-order valence-corrected chi connectivity index (χ2v) is 8.09. The maximum absolute atomic E-state index is 13.2. The van der Waals surface area contributed by atoms with Crippen LogP contribution in [0.2, 0.25) is 0 Å². The van der Waals surface area contributed by atoms with E-state index in [0.717, 1.165) is 42.7 Å². The molecule has 0 spiro atoms. The standard InChI is InChI=1S/C23H28N6O2/c1-4-18(21(30)26-19-15(2)9-8-10-16(19)3)29-14-25-20-17(22(29)31)13-24-23(27-20)28-11-6-5-7-12-28/h8-10,13-14,18H,4-7,11-12H2,1-3H3,(H,26,30)/t18-/m1/s1. The SMILES string of the molecule is CC[C@H](C(=O)Nc1c(C)cccc1C)n1cnc2nc(N3CCCCC3)ncc2c1=O. The van der Waals surface area contributed by atoms with Gasteiger partial charge in [-0.25, -0.2) is 9.97 Å². The molecule has 162 valence electrons. The molecule has 31 heavy (non-hydrogen) atoms. The molecule has 1 aliphatic rings. The van der Waals surface area contributed by atoms with Gasteiger partial charge >= 0.3 is 0 Å². The predicted octanol–water partition coefficient (Wildman–Crippen LogP) is 3.38. The smallest absolute Gasteiger partial charge is 0.265 e. The molecule has 1 atom stereocenters. The van der Waals surface area contributed by atoms with Crippen molar-refractivity contribution in [1.82, 2.24) is 19.5 Å². The van der Waals surface area contributed by atoms with Gasteiger partial charge < -0.3 is 10.2 Å². The van der Waals surface area contributed by atoms with Crippen LogP contribution in [0.1, 0.15) is 49.8 Å². The minimum absolute atomic E-state index is 0.242. The Balaban J connectivity index is 1.64. The number of carbonyl (C=O) groups excluding carboxylic acids is 1. The Morgan fingerprint density at radius 1 is 1.13 bits per heavy atom. The highest BCUT2D eigenvalue weighted by Gasteiger charge is 2.23. The zero-order valence-electron chi connectivity index (χ0n) is 18.3. The number of amides is 1. The second kappa shape index (κ2) is 8.83. The summed E-state index contributed by atoms with van der Waals surface area (Å²) in [5.41, 5.74) is 2.79. The van der Waals surface area contributed by atoms with E-state index in [1.54, 1.807) is 0 Å². The van der Waals surface area contributed by atoms with Crippen molar-refractivity contribution in [2.45, 2.75) is 52.5 Å². The molecule has 1 aliphatic heterocycles. The maximum Gasteiger partial charge on any atom is 0.265 e. The Labute approximate surface area is 181 Å². The molecule has 1 N–H and O–H groups in total. The maximum atomic E-state index is 13.2. The number of aryl methyl sites for hydroxylation is 2. The van der Waals surface area contributed by atoms with Gasteiger partial charge in [0.15, 0.2) is 5.65 Å². The quantitative estimate of drug-likeness (QED) is 0.680. The average Bonchev–Trinajstić information content (AvgIpc) is 2.79. The molecule has 8 heteroatoms. The monoisotopic (exact) mass is 420 g/mol. The third-order valence-corrected chi connectivity index (χ3v) is 5.92. The molecule has 8 nitrogen and oxygen atoms in total. The van der Waals surface area contributed by atoms with Crippen LogP contribution in [0.15, 0.2) is 35.5 Å².